The average molecular weight is 557 g/mol. The molecule has 5 heteroatoms. The molecule has 0 unspecified atom stereocenters. The zero-order chi connectivity index (χ0) is 28.7. The first kappa shape index (κ1) is 30.2. The summed E-state index contributed by atoms with van der Waals surface area (Å²) in [6.45, 7) is 30.6. The molecule has 3 saturated carbocycles. The van der Waals surface area contributed by atoms with E-state index in [-0.39, 0.29) is 33.1 Å². The number of rotatable bonds is 4. The van der Waals surface area contributed by atoms with Gasteiger partial charge in [-0.2, -0.15) is 0 Å². The van der Waals surface area contributed by atoms with Gasteiger partial charge >= 0.3 is 0 Å². The van der Waals surface area contributed by atoms with Crippen LogP contribution in [0.15, 0.2) is 34.9 Å². The molecule has 6 atom stereocenters. The van der Waals surface area contributed by atoms with E-state index in [9.17, 15) is 4.79 Å². The van der Waals surface area contributed by atoms with Crippen LogP contribution in [-0.2, 0) is 13.6 Å². The number of Topliss-reactive ketones (excluding diaryl/α,β-unsaturated/α-hetero) is 1. The molecule has 4 aliphatic carbocycles. The fourth-order valence-corrected chi connectivity index (χ4v) is 10.3. The second kappa shape index (κ2) is 9.39. The second-order valence-electron chi connectivity index (χ2n) is 16.3. The van der Waals surface area contributed by atoms with Gasteiger partial charge in [-0.1, -0.05) is 84.8 Å². The van der Waals surface area contributed by atoms with E-state index in [1.54, 1.807) is 0 Å². The molecule has 0 bridgehead atoms. The Kier molecular flexibility index (Phi) is 7.46. The molecule has 38 heavy (non-hydrogen) atoms. The molecule has 3 fully saturated rings. The smallest absolute Gasteiger partial charge is 0.192 e. The van der Waals surface area contributed by atoms with Crippen molar-refractivity contribution in [1.82, 2.24) is 0 Å². The predicted octanol–water partition coefficient (Wildman–Crippen LogP) is 9.39. The minimum absolute atomic E-state index is 0.0195. The van der Waals surface area contributed by atoms with Crippen LogP contribution in [0.4, 0.5) is 0 Å². The highest BCUT2D eigenvalue weighted by Crippen LogP contribution is 2.65. The third-order valence-electron chi connectivity index (χ3n) is 12.1. The molecule has 0 heterocycles. The first-order valence-corrected chi connectivity index (χ1v) is 21.0. The molecule has 0 aromatic carbocycles. The van der Waals surface area contributed by atoms with Crippen LogP contribution in [0.2, 0.25) is 36.3 Å². The van der Waals surface area contributed by atoms with Gasteiger partial charge in [0.25, 0.3) is 0 Å². The van der Waals surface area contributed by atoms with Crippen molar-refractivity contribution in [2.45, 2.75) is 143 Å². The average Bonchev–Trinajstić information content (AvgIpc) is 3.02. The summed E-state index contributed by atoms with van der Waals surface area (Å²) in [6, 6.07) is 0. The van der Waals surface area contributed by atoms with E-state index in [1.165, 1.54) is 11.1 Å². The van der Waals surface area contributed by atoms with E-state index < -0.39 is 16.6 Å². The number of fused-ring (bicyclic) bond motifs is 5. The standard InChI is InChI=1S/C33H56O3Si2/c1-14-25-28(34)21-27-24-16-15-22-19-23(35-37(10,11)30(2,3)4)20-29(36-38(12,13)31(5,6)7)33(22,9)26(24)17-18-32(25,27)8/h14-16,23,26-27,29H,17-21H2,1-13H3/b25-14+/t23-,26+,27+,29+,32-,33+/m1/s1. The van der Waals surface area contributed by atoms with Crippen molar-refractivity contribution in [3.8, 4) is 0 Å². The fourth-order valence-electron chi connectivity index (χ4n) is 7.56. The highest BCUT2D eigenvalue weighted by Gasteiger charge is 2.60. The minimum Gasteiger partial charge on any atom is -0.414 e. The molecular weight excluding hydrogens is 501 g/mol. The molecule has 0 spiro atoms. The Balaban J connectivity index is 1.77. The van der Waals surface area contributed by atoms with Crippen molar-refractivity contribution >= 4 is 22.4 Å². The summed E-state index contributed by atoms with van der Waals surface area (Å²) < 4.78 is 14.5. The third-order valence-corrected chi connectivity index (χ3v) is 21.1. The topological polar surface area (TPSA) is 35.5 Å². The molecule has 4 aliphatic rings. The number of carbonyl (C=O) groups excluding carboxylic acids is 1. The Labute approximate surface area is 236 Å². The Morgan fingerprint density at radius 3 is 2.03 bits per heavy atom. The molecule has 0 saturated heterocycles. The van der Waals surface area contributed by atoms with E-state index in [0.717, 1.165) is 31.3 Å². The quantitative estimate of drug-likeness (QED) is 0.255. The molecule has 0 aromatic rings. The molecule has 0 aromatic heterocycles. The molecule has 0 radical (unpaired) electrons. The van der Waals surface area contributed by atoms with Crippen molar-refractivity contribution < 1.29 is 13.6 Å². The van der Waals surface area contributed by atoms with Gasteiger partial charge in [-0.05, 0) is 86.3 Å². The SMILES string of the molecule is C/C=C1\C(=O)C[C@H]2C3=CC=C4C[C@@H](O[Si](C)(C)C(C)(C)C)C[C@H](O[Si](C)(C)C(C)(C)C)[C@]4(C)[C@H]3CC[C@]12C. The summed E-state index contributed by atoms with van der Waals surface area (Å²) >= 11 is 0. The van der Waals surface area contributed by atoms with Crippen LogP contribution in [0, 0.1) is 22.7 Å². The molecular formula is C33H56O3Si2. The lowest BCUT2D eigenvalue weighted by atomic mass is 9.50. The maximum atomic E-state index is 13.1. The van der Waals surface area contributed by atoms with Crippen LogP contribution >= 0.6 is 0 Å². The van der Waals surface area contributed by atoms with Crippen LogP contribution < -0.4 is 0 Å². The molecule has 3 nitrogen and oxygen atoms in total. The van der Waals surface area contributed by atoms with Gasteiger partial charge in [0.2, 0.25) is 0 Å². The van der Waals surface area contributed by atoms with Crippen LogP contribution in [0.25, 0.3) is 0 Å². The predicted molar refractivity (Wildman–Crippen MR) is 165 cm³/mol. The van der Waals surface area contributed by atoms with Crippen LogP contribution in [0.5, 0.6) is 0 Å². The maximum Gasteiger partial charge on any atom is 0.192 e. The summed E-state index contributed by atoms with van der Waals surface area (Å²) in [5.41, 5.74) is 4.04. The lowest BCUT2D eigenvalue weighted by Gasteiger charge is -2.59. The first-order valence-electron chi connectivity index (χ1n) is 15.2. The fraction of sp³-hybridized carbons (Fsp3) is 0.788. The zero-order valence-electron chi connectivity index (χ0n) is 26.8. The summed E-state index contributed by atoms with van der Waals surface area (Å²) in [5.74, 6) is 1.12. The number of hydrogen-bond donors (Lipinski definition) is 0. The number of ketones is 1. The normalized spacial score (nSPS) is 37.4. The van der Waals surface area contributed by atoms with E-state index in [0.29, 0.717) is 24.0 Å². The Bertz CT molecular complexity index is 1070. The van der Waals surface area contributed by atoms with Gasteiger partial charge in [0.15, 0.2) is 22.4 Å². The van der Waals surface area contributed by atoms with Gasteiger partial charge < -0.3 is 8.85 Å². The molecule has 4 rings (SSSR count). The third kappa shape index (κ3) is 4.65. The van der Waals surface area contributed by atoms with Gasteiger partial charge in [-0.15, -0.1) is 0 Å². The van der Waals surface area contributed by atoms with Crippen LogP contribution in [-0.4, -0.2) is 34.6 Å². The lowest BCUT2D eigenvalue weighted by Crippen LogP contribution is -2.58. The Morgan fingerprint density at radius 1 is 0.895 bits per heavy atom. The van der Waals surface area contributed by atoms with Crippen molar-refractivity contribution in [3.05, 3.63) is 34.9 Å². The minimum atomic E-state index is -2.02. The number of carbonyl (C=O) groups is 1. The van der Waals surface area contributed by atoms with Gasteiger partial charge in [-0.25, -0.2) is 0 Å². The van der Waals surface area contributed by atoms with Crippen molar-refractivity contribution in [2.24, 2.45) is 22.7 Å². The van der Waals surface area contributed by atoms with E-state index in [1.807, 2.05) is 6.92 Å². The van der Waals surface area contributed by atoms with Gasteiger partial charge in [0.05, 0.1) is 12.2 Å². The molecule has 0 amide bonds. The van der Waals surface area contributed by atoms with Crippen molar-refractivity contribution in [1.29, 1.82) is 0 Å². The summed E-state index contributed by atoms with van der Waals surface area (Å²) in [5, 5.41) is 0.336. The zero-order valence-corrected chi connectivity index (χ0v) is 28.8. The second-order valence-corrected chi connectivity index (χ2v) is 25.9. The van der Waals surface area contributed by atoms with Crippen LogP contribution in [0.3, 0.4) is 0 Å². The highest BCUT2D eigenvalue weighted by molar-refractivity contribution is 6.74. The van der Waals surface area contributed by atoms with Crippen molar-refractivity contribution in [2.75, 3.05) is 0 Å². The molecule has 214 valence electrons. The van der Waals surface area contributed by atoms with Crippen LogP contribution in [0.1, 0.15) is 94.4 Å². The van der Waals surface area contributed by atoms with Gasteiger partial charge in [-0.3, -0.25) is 4.79 Å². The summed E-state index contributed by atoms with van der Waals surface area (Å²) in [6.07, 6.45) is 12.1. The number of allylic oxidation sites excluding steroid dienone is 5. The van der Waals surface area contributed by atoms with Crippen molar-refractivity contribution in [3.63, 3.8) is 0 Å². The maximum absolute atomic E-state index is 13.1. The van der Waals surface area contributed by atoms with E-state index in [2.05, 4.69) is 99.8 Å². The Hall–Kier alpha value is -0.756. The largest absolute Gasteiger partial charge is 0.414 e. The highest BCUT2D eigenvalue weighted by atomic mass is 28.4. The van der Waals surface area contributed by atoms with E-state index in [4.69, 9.17) is 8.85 Å². The number of hydrogen-bond acceptors (Lipinski definition) is 3. The lowest BCUT2D eigenvalue weighted by molar-refractivity contribution is -0.114. The van der Waals surface area contributed by atoms with Gasteiger partial charge in [0, 0.05) is 17.3 Å². The summed E-state index contributed by atoms with van der Waals surface area (Å²) in [4.78, 5) is 13.1. The first-order chi connectivity index (χ1) is 17.2. The monoisotopic (exact) mass is 556 g/mol. The summed E-state index contributed by atoms with van der Waals surface area (Å²) in [7, 11) is -3.93. The molecule has 0 aliphatic heterocycles. The van der Waals surface area contributed by atoms with E-state index >= 15 is 0 Å². The molecule has 0 N–H and O–H groups in total. The Morgan fingerprint density at radius 2 is 1.47 bits per heavy atom. The van der Waals surface area contributed by atoms with Gasteiger partial charge in [0.1, 0.15) is 0 Å².